The van der Waals surface area contributed by atoms with Crippen LogP contribution in [0.3, 0.4) is 0 Å². The predicted molar refractivity (Wildman–Crippen MR) is 199 cm³/mol. The zero-order valence-corrected chi connectivity index (χ0v) is 30.6. The molecule has 0 aliphatic carbocycles. The lowest BCUT2D eigenvalue weighted by atomic mass is 10.0. The van der Waals surface area contributed by atoms with E-state index in [0.717, 1.165) is 96.3 Å². The molecule has 0 aromatic rings. The third kappa shape index (κ3) is 36.6. The summed E-state index contributed by atoms with van der Waals surface area (Å²) in [6, 6.07) is 0. The van der Waals surface area contributed by atoms with Gasteiger partial charge in [-0.2, -0.15) is 0 Å². The van der Waals surface area contributed by atoms with Gasteiger partial charge in [0.05, 0.1) is 0 Å². The molecule has 1 unspecified atom stereocenters. The van der Waals surface area contributed by atoms with Crippen molar-refractivity contribution >= 4 is 11.9 Å². The summed E-state index contributed by atoms with van der Waals surface area (Å²) in [7, 11) is 0. The molecule has 4 nitrogen and oxygen atoms in total. The first-order valence-corrected chi connectivity index (χ1v) is 20.0. The van der Waals surface area contributed by atoms with Crippen molar-refractivity contribution in [3.05, 3.63) is 36.5 Å². The molecular formula is C42H76O4. The van der Waals surface area contributed by atoms with E-state index < -0.39 is 5.97 Å². The summed E-state index contributed by atoms with van der Waals surface area (Å²) in [5.74, 6) is -0.695. The van der Waals surface area contributed by atoms with Gasteiger partial charge in [-0.25, -0.2) is 0 Å². The molecule has 0 aromatic carbocycles. The maximum atomic E-state index is 12.7. The van der Waals surface area contributed by atoms with E-state index in [2.05, 4.69) is 50.3 Å². The zero-order chi connectivity index (χ0) is 33.6. The standard InChI is InChI=1S/C42H76O4/c1-3-5-7-9-11-13-15-17-18-19-21-23-25-31-35-39-42(45)46-40(37-33-29-26-27-30-34-38-41(43)44)36-32-28-24-22-20-16-14-12-10-8-6-4-2/h5,7,11,13,17-18,40H,3-4,6,8-10,12,14-16,19-39H2,1-2H3,(H,43,44)/b7-5-,13-11-,18-17-. The van der Waals surface area contributed by atoms with Gasteiger partial charge in [-0.05, 0) is 70.6 Å². The number of carbonyl (C=O) groups excluding carboxylic acids is 1. The number of carboxylic acids is 1. The van der Waals surface area contributed by atoms with Gasteiger partial charge in [0.1, 0.15) is 6.10 Å². The van der Waals surface area contributed by atoms with Gasteiger partial charge in [-0.1, -0.05) is 166 Å². The second-order valence-corrected chi connectivity index (χ2v) is 13.4. The van der Waals surface area contributed by atoms with Crippen LogP contribution in [0, 0.1) is 0 Å². The van der Waals surface area contributed by atoms with Crippen molar-refractivity contribution in [1.82, 2.24) is 0 Å². The van der Waals surface area contributed by atoms with Gasteiger partial charge in [-0.3, -0.25) is 9.59 Å². The molecular weight excluding hydrogens is 568 g/mol. The lowest BCUT2D eigenvalue weighted by Crippen LogP contribution is -2.18. The number of aliphatic carboxylic acids is 1. The molecule has 0 spiro atoms. The maximum Gasteiger partial charge on any atom is 0.306 e. The summed E-state index contributed by atoms with van der Waals surface area (Å²) in [6.07, 6.45) is 48.8. The van der Waals surface area contributed by atoms with E-state index in [-0.39, 0.29) is 18.5 Å². The van der Waals surface area contributed by atoms with Gasteiger partial charge in [0.2, 0.25) is 0 Å². The van der Waals surface area contributed by atoms with Crippen LogP contribution >= 0.6 is 0 Å². The second-order valence-electron chi connectivity index (χ2n) is 13.4. The van der Waals surface area contributed by atoms with Crippen LogP contribution in [0.15, 0.2) is 36.5 Å². The lowest BCUT2D eigenvalue weighted by Gasteiger charge is -2.18. The molecule has 46 heavy (non-hydrogen) atoms. The first-order chi connectivity index (χ1) is 22.6. The van der Waals surface area contributed by atoms with Gasteiger partial charge in [0.25, 0.3) is 0 Å². The Morgan fingerprint density at radius 1 is 0.500 bits per heavy atom. The first kappa shape index (κ1) is 44.2. The van der Waals surface area contributed by atoms with Crippen molar-refractivity contribution in [3.8, 4) is 0 Å². The van der Waals surface area contributed by atoms with Crippen LogP contribution < -0.4 is 0 Å². The van der Waals surface area contributed by atoms with Gasteiger partial charge < -0.3 is 9.84 Å². The summed E-state index contributed by atoms with van der Waals surface area (Å²) in [4.78, 5) is 23.4. The second kappa shape index (κ2) is 37.6. The Morgan fingerprint density at radius 3 is 1.41 bits per heavy atom. The average Bonchev–Trinajstić information content (AvgIpc) is 3.04. The van der Waals surface area contributed by atoms with Gasteiger partial charge in [0.15, 0.2) is 0 Å². The van der Waals surface area contributed by atoms with E-state index in [9.17, 15) is 9.59 Å². The fourth-order valence-electron chi connectivity index (χ4n) is 5.96. The van der Waals surface area contributed by atoms with Crippen molar-refractivity contribution in [2.75, 3.05) is 0 Å². The van der Waals surface area contributed by atoms with Crippen LogP contribution in [-0.2, 0) is 14.3 Å². The van der Waals surface area contributed by atoms with E-state index in [1.165, 1.54) is 89.9 Å². The minimum atomic E-state index is -0.694. The van der Waals surface area contributed by atoms with Crippen molar-refractivity contribution in [1.29, 1.82) is 0 Å². The van der Waals surface area contributed by atoms with Gasteiger partial charge in [0, 0.05) is 12.8 Å². The molecule has 0 heterocycles. The smallest absolute Gasteiger partial charge is 0.306 e. The highest BCUT2D eigenvalue weighted by atomic mass is 16.5. The molecule has 0 bridgehead atoms. The number of carbonyl (C=O) groups is 2. The number of rotatable bonds is 36. The summed E-state index contributed by atoms with van der Waals surface area (Å²) >= 11 is 0. The summed E-state index contributed by atoms with van der Waals surface area (Å²) in [5.41, 5.74) is 0. The van der Waals surface area contributed by atoms with Crippen LogP contribution in [0.5, 0.6) is 0 Å². The van der Waals surface area contributed by atoms with E-state index in [1.807, 2.05) is 0 Å². The molecule has 0 rings (SSSR count). The summed E-state index contributed by atoms with van der Waals surface area (Å²) < 4.78 is 6.02. The minimum absolute atomic E-state index is 0.00113. The molecule has 268 valence electrons. The van der Waals surface area contributed by atoms with Crippen molar-refractivity contribution in [2.45, 2.75) is 219 Å². The van der Waals surface area contributed by atoms with E-state index in [0.29, 0.717) is 6.42 Å². The van der Waals surface area contributed by atoms with Crippen LogP contribution in [0.4, 0.5) is 0 Å². The quantitative estimate of drug-likeness (QED) is 0.0419. The Kier molecular flexibility index (Phi) is 36.1. The predicted octanol–water partition coefficient (Wildman–Crippen LogP) is 13.8. The molecule has 0 aliphatic heterocycles. The molecule has 1 N–H and O–H groups in total. The van der Waals surface area contributed by atoms with Gasteiger partial charge >= 0.3 is 11.9 Å². The summed E-state index contributed by atoms with van der Waals surface area (Å²) in [5, 5.41) is 8.79. The fourth-order valence-corrected chi connectivity index (χ4v) is 5.96. The number of ether oxygens (including phenoxy) is 1. The Morgan fingerprint density at radius 2 is 0.913 bits per heavy atom. The molecule has 0 saturated heterocycles. The van der Waals surface area contributed by atoms with Crippen LogP contribution in [0.1, 0.15) is 213 Å². The van der Waals surface area contributed by atoms with Crippen molar-refractivity contribution in [2.24, 2.45) is 0 Å². The molecule has 0 aromatic heterocycles. The molecule has 0 saturated carbocycles. The van der Waals surface area contributed by atoms with Gasteiger partial charge in [-0.15, -0.1) is 0 Å². The largest absolute Gasteiger partial charge is 0.481 e. The molecule has 0 radical (unpaired) electrons. The van der Waals surface area contributed by atoms with E-state index >= 15 is 0 Å². The number of hydrogen-bond donors (Lipinski definition) is 1. The normalized spacial score (nSPS) is 12.6. The van der Waals surface area contributed by atoms with Crippen molar-refractivity contribution < 1.29 is 19.4 Å². The lowest BCUT2D eigenvalue weighted by molar-refractivity contribution is -0.150. The number of hydrogen-bond acceptors (Lipinski definition) is 3. The monoisotopic (exact) mass is 645 g/mol. The fraction of sp³-hybridized carbons (Fsp3) is 0.810. The van der Waals surface area contributed by atoms with Crippen LogP contribution in [0.2, 0.25) is 0 Å². The molecule has 0 amide bonds. The Balaban J connectivity index is 4.09. The average molecular weight is 645 g/mol. The highest BCUT2D eigenvalue weighted by Gasteiger charge is 2.14. The third-order valence-corrected chi connectivity index (χ3v) is 8.88. The number of allylic oxidation sites excluding steroid dienone is 6. The number of esters is 1. The minimum Gasteiger partial charge on any atom is -0.481 e. The SMILES string of the molecule is CC/C=C\C/C=C\C/C=C\CCCCCCCC(=O)OC(CCCCCCCCCCCCCC)CCCCCCCCC(=O)O. The van der Waals surface area contributed by atoms with Crippen LogP contribution in [-0.4, -0.2) is 23.1 Å². The Hall–Kier alpha value is -1.84. The number of unbranched alkanes of at least 4 members (excludes halogenated alkanes) is 21. The molecule has 1 atom stereocenters. The highest BCUT2D eigenvalue weighted by Crippen LogP contribution is 2.19. The van der Waals surface area contributed by atoms with Crippen molar-refractivity contribution in [3.63, 3.8) is 0 Å². The zero-order valence-electron chi connectivity index (χ0n) is 30.6. The molecule has 0 aliphatic rings. The summed E-state index contributed by atoms with van der Waals surface area (Å²) in [6.45, 7) is 4.44. The van der Waals surface area contributed by atoms with Crippen LogP contribution in [0.25, 0.3) is 0 Å². The van der Waals surface area contributed by atoms with E-state index in [1.54, 1.807) is 0 Å². The highest BCUT2D eigenvalue weighted by molar-refractivity contribution is 5.69. The molecule has 4 heteroatoms. The molecule has 0 fully saturated rings. The maximum absolute atomic E-state index is 12.7. The third-order valence-electron chi connectivity index (χ3n) is 8.88. The topological polar surface area (TPSA) is 63.6 Å². The Labute approximate surface area is 286 Å². The van der Waals surface area contributed by atoms with E-state index in [4.69, 9.17) is 9.84 Å². The first-order valence-electron chi connectivity index (χ1n) is 20.0. The Bertz CT molecular complexity index is 738. The number of carboxylic acid groups (broad SMARTS) is 1.